The molecule has 1 saturated carbocycles. The van der Waals surface area contributed by atoms with Gasteiger partial charge in [0.1, 0.15) is 0 Å². The lowest BCUT2D eigenvalue weighted by Gasteiger charge is -2.27. The second-order valence-electron chi connectivity index (χ2n) is 4.90. The fourth-order valence-electron chi connectivity index (χ4n) is 1.86. The molecule has 0 amide bonds. The van der Waals surface area contributed by atoms with Crippen LogP contribution < -0.4 is 5.11 Å². The van der Waals surface area contributed by atoms with Crippen LogP contribution in [0.1, 0.15) is 39.0 Å². The lowest BCUT2D eigenvalue weighted by molar-refractivity contribution is -0.302. The van der Waals surface area contributed by atoms with Crippen LogP contribution in [-0.2, 0) is 4.79 Å². The number of carbonyl (C=O) groups excluding carboxylic acids is 1. The van der Waals surface area contributed by atoms with Crippen molar-refractivity contribution < 1.29 is 9.90 Å². The highest BCUT2D eigenvalue weighted by molar-refractivity contribution is 7.74. The molecule has 0 bridgehead atoms. The third-order valence-electron chi connectivity index (χ3n) is 2.67. The van der Waals surface area contributed by atoms with Gasteiger partial charge in [-0.25, -0.2) is 0 Å². The molecule has 0 atom stereocenters. The number of carboxylic acid groups (broad SMARTS) is 1. The molecule has 0 aromatic heterocycles. The quantitative estimate of drug-likeness (QED) is 0.631. The van der Waals surface area contributed by atoms with Gasteiger partial charge in [0.15, 0.2) is 0 Å². The van der Waals surface area contributed by atoms with Gasteiger partial charge in [0.05, 0.1) is 5.66 Å². The monoisotopic (exact) mass is 218 g/mol. The van der Waals surface area contributed by atoms with Gasteiger partial charge < -0.3 is 9.90 Å². The molecule has 1 fully saturated rings. The van der Waals surface area contributed by atoms with E-state index >= 15 is 0 Å². The third-order valence-corrected chi connectivity index (χ3v) is 5.38. The molecule has 0 aliphatic heterocycles. The van der Waals surface area contributed by atoms with Crippen molar-refractivity contribution in [2.75, 3.05) is 20.0 Å². The minimum absolute atomic E-state index is 0.491. The van der Waals surface area contributed by atoms with Crippen LogP contribution in [0.5, 0.6) is 0 Å². The molecule has 0 heterocycles. The van der Waals surface area contributed by atoms with Gasteiger partial charge in [-0.2, -0.15) is 0 Å². The summed E-state index contributed by atoms with van der Waals surface area (Å²) in [7, 11) is -0.491. The van der Waals surface area contributed by atoms with E-state index in [-0.39, 0.29) is 0 Å². The fourth-order valence-corrected chi connectivity index (χ4v) is 3.77. The van der Waals surface area contributed by atoms with Gasteiger partial charge in [-0.3, -0.25) is 0 Å². The molecule has 1 rings (SSSR count). The molecular formula is C11H23O2P. The molecular weight excluding hydrogens is 195 g/mol. The molecule has 0 saturated heterocycles. The minimum Gasteiger partial charge on any atom is -0.550 e. The van der Waals surface area contributed by atoms with Gasteiger partial charge in [-0.15, -0.1) is 0 Å². The van der Waals surface area contributed by atoms with Crippen LogP contribution in [0.4, 0.5) is 0 Å². The Labute approximate surface area is 88.4 Å². The summed E-state index contributed by atoms with van der Waals surface area (Å²) in [4.78, 5) is 8.89. The van der Waals surface area contributed by atoms with Gasteiger partial charge in [-0.05, 0) is 32.6 Å². The van der Waals surface area contributed by atoms with Crippen molar-refractivity contribution in [2.24, 2.45) is 0 Å². The van der Waals surface area contributed by atoms with Crippen LogP contribution in [0, 0.1) is 0 Å². The van der Waals surface area contributed by atoms with Crippen molar-refractivity contribution in [2.45, 2.75) is 44.7 Å². The van der Waals surface area contributed by atoms with E-state index in [9.17, 15) is 0 Å². The third kappa shape index (κ3) is 7.32. The standard InChI is InChI=1S/C9H20P.C2H4O2/c1-10(2,3)9-7-5-4-6-8-9;1-2(3)4/h9H,4-8H2,1-3H3;1H3,(H,3,4)/q+1;/p-1. The summed E-state index contributed by atoms with van der Waals surface area (Å²) in [5, 5.41) is 8.89. The maximum Gasteiger partial charge on any atom is 0.0689 e. The summed E-state index contributed by atoms with van der Waals surface area (Å²) in [5.41, 5.74) is 1.11. The summed E-state index contributed by atoms with van der Waals surface area (Å²) in [6, 6.07) is 0. The summed E-state index contributed by atoms with van der Waals surface area (Å²) in [5.74, 6) is -1.08. The first-order chi connectivity index (χ1) is 6.34. The average Bonchev–Trinajstić information content (AvgIpc) is 2.03. The smallest absolute Gasteiger partial charge is 0.0689 e. The van der Waals surface area contributed by atoms with Crippen LogP contribution in [-0.4, -0.2) is 31.6 Å². The summed E-state index contributed by atoms with van der Waals surface area (Å²) in [6.45, 7) is 8.44. The summed E-state index contributed by atoms with van der Waals surface area (Å²) in [6.07, 6.45) is 7.55. The molecule has 0 N–H and O–H groups in total. The average molecular weight is 218 g/mol. The van der Waals surface area contributed by atoms with Gasteiger partial charge >= 0.3 is 0 Å². The zero-order valence-electron chi connectivity index (χ0n) is 9.88. The van der Waals surface area contributed by atoms with Crippen molar-refractivity contribution in [1.82, 2.24) is 0 Å². The molecule has 3 heteroatoms. The number of hydrogen-bond acceptors (Lipinski definition) is 2. The highest BCUT2D eigenvalue weighted by Crippen LogP contribution is 2.56. The first kappa shape index (κ1) is 13.9. The van der Waals surface area contributed by atoms with Gasteiger partial charge in [0.25, 0.3) is 0 Å². The highest BCUT2D eigenvalue weighted by Gasteiger charge is 2.31. The van der Waals surface area contributed by atoms with Crippen molar-refractivity contribution >= 4 is 13.2 Å². The van der Waals surface area contributed by atoms with E-state index in [1.165, 1.54) is 32.1 Å². The molecule has 2 nitrogen and oxygen atoms in total. The van der Waals surface area contributed by atoms with Crippen molar-refractivity contribution in [3.05, 3.63) is 0 Å². The largest absolute Gasteiger partial charge is 0.550 e. The summed E-state index contributed by atoms with van der Waals surface area (Å²) >= 11 is 0. The summed E-state index contributed by atoms with van der Waals surface area (Å²) < 4.78 is 0. The fraction of sp³-hybridized carbons (Fsp3) is 0.909. The van der Waals surface area contributed by atoms with Crippen LogP contribution in [0.15, 0.2) is 0 Å². The van der Waals surface area contributed by atoms with E-state index in [2.05, 4.69) is 20.0 Å². The number of hydrogen-bond donors (Lipinski definition) is 0. The predicted octanol–water partition coefficient (Wildman–Crippen LogP) is 1.98. The van der Waals surface area contributed by atoms with E-state index in [0.717, 1.165) is 12.6 Å². The van der Waals surface area contributed by atoms with E-state index in [1.807, 2.05) is 0 Å². The molecule has 84 valence electrons. The number of rotatable bonds is 1. The van der Waals surface area contributed by atoms with Crippen molar-refractivity contribution in [3.63, 3.8) is 0 Å². The Morgan fingerprint density at radius 1 is 1.14 bits per heavy atom. The molecule has 1 aliphatic carbocycles. The number of carbonyl (C=O) groups is 1. The Morgan fingerprint density at radius 2 is 1.50 bits per heavy atom. The highest BCUT2D eigenvalue weighted by atomic mass is 31.2. The SMILES string of the molecule is CC(=O)[O-].C[P+](C)(C)C1CCCCC1. The second kappa shape index (κ2) is 6.40. The lowest BCUT2D eigenvalue weighted by atomic mass is 10.0. The van der Waals surface area contributed by atoms with E-state index in [4.69, 9.17) is 9.90 Å². The molecule has 14 heavy (non-hydrogen) atoms. The molecule has 0 aromatic rings. The first-order valence-corrected chi connectivity index (χ1v) is 8.52. The van der Waals surface area contributed by atoms with E-state index < -0.39 is 13.2 Å². The Bertz CT molecular complexity index is 163. The lowest BCUT2D eigenvalue weighted by Crippen LogP contribution is -2.16. The Balaban J connectivity index is 0.000000364. The second-order valence-corrected chi connectivity index (χ2v) is 9.86. The first-order valence-electron chi connectivity index (χ1n) is 5.32. The van der Waals surface area contributed by atoms with Gasteiger partial charge in [0, 0.05) is 33.2 Å². The van der Waals surface area contributed by atoms with Crippen molar-refractivity contribution in [3.8, 4) is 0 Å². The predicted molar refractivity (Wildman–Crippen MR) is 62.2 cm³/mol. The van der Waals surface area contributed by atoms with Crippen LogP contribution >= 0.6 is 7.26 Å². The molecule has 0 unspecified atom stereocenters. The van der Waals surface area contributed by atoms with Crippen LogP contribution in [0.2, 0.25) is 0 Å². The minimum atomic E-state index is -1.08. The van der Waals surface area contributed by atoms with Crippen LogP contribution in [0.3, 0.4) is 0 Å². The van der Waals surface area contributed by atoms with Gasteiger partial charge in [-0.1, -0.05) is 6.42 Å². The number of aliphatic carboxylic acids is 1. The van der Waals surface area contributed by atoms with Gasteiger partial charge in [0.2, 0.25) is 0 Å². The maximum absolute atomic E-state index is 8.89. The molecule has 0 spiro atoms. The number of carboxylic acids is 1. The van der Waals surface area contributed by atoms with E-state index in [0.29, 0.717) is 0 Å². The topological polar surface area (TPSA) is 40.1 Å². The zero-order valence-corrected chi connectivity index (χ0v) is 10.8. The maximum atomic E-state index is 8.89. The Kier molecular flexibility index (Phi) is 6.35. The Hall–Kier alpha value is -0.100. The molecule has 1 aliphatic rings. The van der Waals surface area contributed by atoms with Crippen molar-refractivity contribution in [1.29, 1.82) is 0 Å². The molecule has 0 aromatic carbocycles. The molecule has 0 radical (unpaired) electrons. The normalized spacial score (nSPS) is 18.3. The van der Waals surface area contributed by atoms with E-state index in [1.54, 1.807) is 0 Å². The zero-order chi connectivity index (χ0) is 11.2. The van der Waals surface area contributed by atoms with Crippen LogP contribution in [0.25, 0.3) is 0 Å². The Morgan fingerprint density at radius 3 is 1.71 bits per heavy atom.